The molecule has 0 radical (unpaired) electrons. The topological polar surface area (TPSA) is 68.8 Å². The second-order valence-corrected chi connectivity index (χ2v) is 4.40. The summed E-state index contributed by atoms with van der Waals surface area (Å²) in [5, 5.41) is 4.37. The Balaban J connectivity index is 2.24. The quantitative estimate of drug-likeness (QED) is 0.629. The molecule has 0 aliphatic rings. The van der Waals surface area contributed by atoms with Crippen molar-refractivity contribution in [2.24, 2.45) is 12.9 Å². The fourth-order valence-electron chi connectivity index (χ4n) is 2.03. The molecule has 0 amide bonds. The third kappa shape index (κ3) is 2.97. The summed E-state index contributed by atoms with van der Waals surface area (Å²) < 4.78 is 15.5. The van der Waals surface area contributed by atoms with Crippen LogP contribution in [0.15, 0.2) is 24.4 Å². The number of nitrogens with zero attached hydrogens (tertiary/aromatic N) is 3. The third-order valence-corrected chi connectivity index (χ3v) is 3.12. The molecule has 3 N–H and O–H groups in total. The molecule has 5 nitrogen and oxygen atoms in total. The van der Waals surface area contributed by atoms with E-state index in [-0.39, 0.29) is 11.9 Å². The molecule has 2 aromatic rings. The Morgan fingerprint density at radius 1 is 1.53 bits per heavy atom. The van der Waals surface area contributed by atoms with E-state index < -0.39 is 0 Å². The minimum Gasteiger partial charge on any atom is -0.272 e. The minimum absolute atomic E-state index is 0.323. The molecule has 0 aliphatic heterocycles. The zero-order valence-electron chi connectivity index (χ0n) is 11.1. The van der Waals surface area contributed by atoms with Crippen LogP contribution in [-0.2, 0) is 19.9 Å². The molecule has 0 saturated heterocycles. The number of hydrogen-bond acceptors (Lipinski definition) is 4. The summed E-state index contributed by atoms with van der Waals surface area (Å²) in [6.45, 7) is 2.04. The summed E-state index contributed by atoms with van der Waals surface area (Å²) >= 11 is 0. The van der Waals surface area contributed by atoms with Crippen LogP contribution in [0, 0.1) is 5.82 Å². The van der Waals surface area contributed by atoms with Crippen LogP contribution in [0.25, 0.3) is 0 Å². The number of aromatic nitrogens is 3. The Labute approximate surface area is 111 Å². The zero-order chi connectivity index (χ0) is 13.8. The molecular weight excluding hydrogens is 245 g/mol. The Morgan fingerprint density at radius 3 is 2.89 bits per heavy atom. The van der Waals surface area contributed by atoms with E-state index >= 15 is 0 Å². The first-order valence-corrected chi connectivity index (χ1v) is 6.24. The van der Waals surface area contributed by atoms with Crippen LogP contribution in [0.3, 0.4) is 0 Å². The van der Waals surface area contributed by atoms with Gasteiger partial charge in [0.25, 0.3) is 0 Å². The maximum Gasteiger partial charge on any atom is 0.146 e. The summed E-state index contributed by atoms with van der Waals surface area (Å²) in [5.41, 5.74) is 4.94. The lowest BCUT2D eigenvalue weighted by Crippen LogP contribution is -2.31. The predicted molar refractivity (Wildman–Crippen MR) is 70.5 cm³/mol. The van der Waals surface area contributed by atoms with Crippen LogP contribution in [0.5, 0.6) is 0 Å². The van der Waals surface area contributed by atoms with E-state index in [9.17, 15) is 4.39 Å². The second kappa shape index (κ2) is 5.90. The molecule has 0 aromatic carbocycles. The molecule has 102 valence electrons. The summed E-state index contributed by atoms with van der Waals surface area (Å²) in [7, 11) is 1.87. The highest BCUT2D eigenvalue weighted by atomic mass is 19.1. The molecule has 1 unspecified atom stereocenters. The number of rotatable bonds is 5. The van der Waals surface area contributed by atoms with Crippen molar-refractivity contribution in [3.05, 3.63) is 47.3 Å². The molecule has 1 atom stereocenters. The fraction of sp³-hybridized carbons (Fsp3) is 0.385. The molecule has 6 heteroatoms. The van der Waals surface area contributed by atoms with E-state index in [1.807, 2.05) is 20.0 Å². The van der Waals surface area contributed by atoms with Gasteiger partial charge in [0.2, 0.25) is 0 Å². The lowest BCUT2D eigenvalue weighted by molar-refractivity contribution is 0.483. The van der Waals surface area contributed by atoms with Crippen molar-refractivity contribution in [3.63, 3.8) is 0 Å². The lowest BCUT2D eigenvalue weighted by atomic mass is 10.1. The number of hydrogen-bond donors (Lipinski definition) is 2. The number of halogens is 1. The van der Waals surface area contributed by atoms with Gasteiger partial charge in [0.15, 0.2) is 0 Å². The molecule has 0 bridgehead atoms. The van der Waals surface area contributed by atoms with Gasteiger partial charge in [-0.2, -0.15) is 5.10 Å². The van der Waals surface area contributed by atoms with Crippen molar-refractivity contribution in [1.29, 1.82) is 0 Å². The maximum atomic E-state index is 13.7. The second-order valence-electron chi connectivity index (χ2n) is 4.40. The first-order valence-electron chi connectivity index (χ1n) is 6.24. The summed E-state index contributed by atoms with van der Waals surface area (Å²) in [6.07, 6.45) is 2.96. The van der Waals surface area contributed by atoms with Crippen LogP contribution in [0.1, 0.15) is 30.0 Å². The maximum absolute atomic E-state index is 13.7. The van der Waals surface area contributed by atoms with Crippen LogP contribution >= 0.6 is 0 Å². The average Bonchev–Trinajstić information content (AvgIpc) is 2.77. The van der Waals surface area contributed by atoms with Gasteiger partial charge < -0.3 is 0 Å². The van der Waals surface area contributed by atoms with Gasteiger partial charge in [0.1, 0.15) is 5.82 Å². The van der Waals surface area contributed by atoms with Crippen LogP contribution < -0.4 is 11.3 Å². The van der Waals surface area contributed by atoms with Gasteiger partial charge in [-0.15, -0.1) is 0 Å². The summed E-state index contributed by atoms with van der Waals surface area (Å²) in [6, 6.07) is 4.57. The summed E-state index contributed by atoms with van der Waals surface area (Å²) in [5.74, 6) is 5.17. The van der Waals surface area contributed by atoms with E-state index in [1.165, 1.54) is 6.07 Å². The predicted octanol–water partition coefficient (Wildman–Crippen LogP) is 1.26. The molecule has 0 aliphatic carbocycles. The van der Waals surface area contributed by atoms with Gasteiger partial charge in [0, 0.05) is 25.4 Å². The molecule has 0 saturated carbocycles. The van der Waals surface area contributed by atoms with Crippen molar-refractivity contribution >= 4 is 0 Å². The van der Waals surface area contributed by atoms with Gasteiger partial charge in [-0.1, -0.05) is 6.92 Å². The van der Waals surface area contributed by atoms with E-state index in [0.29, 0.717) is 12.1 Å². The Bertz CT molecular complexity index is 552. The number of nitrogens with two attached hydrogens (primary N) is 1. The number of pyridine rings is 1. The highest BCUT2D eigenvalue weighted by molar-refractivity contribution is 5.17. The first kappa shape index (κ1) is 13.6. The van der Waals surface area contributed by atoms with E-state index in [4.69, 9.17) is 5.84 Å². The van der Waals surface area contributed by atoms with Gasteiger partial charge >= 0.3 is 0 Å². The van der Waals surface area contributed by atoms with Crippen LogP contribution in [0.4, 0.5) is 4.39 Å². The molecule has 0 spiro atoms. The van der Waals surface area contributed by atoms with Crippen LogP contribution in [-0.4, -0.2) is 14.8 Å². The fourth-order valence-corrected chi connectivity index (χ4v) is 2.03. The summed E-state index contributed by atoms with van der Waals surface area (Å²) in [4.78, 5) is 4.06. The number of aryl methyl sites for hydroxylation is 2. The Morgan fingerprint density at radius 2 is 2.32 bits per heavy atom. The molecule has 0 fully saturated rings. The lowest BCUT2D eigenvalue weighted by Gasteiger charge is -2.15. The number of nitrogens with one attached hydrogen (secondary N) is 1. The number of hydrazine groups is 1. The van der Waals surface area contributed by atoms with Crippen LogP contribution in [0.2, 0.25) is 0 Å². The van der Waals surface area contributed by atoms with Gasteiger partial charge in [-0.05, 0) is 24.6 Å². The molecular formula is C13H18FN5. The van der Waals surface area contributed by atoms with E-state index in [2.05, 4.69) is 15.5 Å². The highest BCUT2D eigenvalue weighted by Crippen LogP contribution is 2.18. The van der Waals surface area contributed by atoms with Crippen molar-refractivity contribution in [2.75, 3.05) is 0 Å². The first-order chi connectivity index (χ1) is 9.15. The molecule has 2 aromatic heterocycles. The normalized spacial score (nSPS) is 12.6. The molecule has 19 heavy (non-hydrogen) atoms. The third-order valence-electron chi connectivity index (χ3n) is 3.12. The van der Waals surface area contributed by atoms with Crippen molar-refractivity contribution in [3.8, 4) is 0 Å². The standard InChI is InChI=1S/C13H18FN5/c1-3-9-7-10(19(2)18-9)8-12(17-15)13-11(14)5-4-6-16-13/h4-7,12,17H,3,8,15H2,1-2H3. The largest absolute Gasteiger partial charge is 0.272 e. The van der Waals surface area contributed by atoms with Crippen molar-refractivity contribution < 1.29 is 4.39 Å². The van der Waals surface area contributed by atoms with E-state index in [0.717, 1.165) is 17.8 Å². The van der Waals surface area contributed by atoms with Crippen molar-refractivity contribution in [2.45, 2.75) is 25.8 Å². The molecule has 2 rings (SSSR count). The van der Waals surface area contributed by atoms with Crippen molar-refractivity contribution in [1.82, 2.24) is 20.2 Å². The van der Waals surface area contributed by atoms with Gasteiger partial charge in [-0.3, -0.25) is 20.9 Å². The van der Waals surface area contributed by atoms with Gasteiger partial charge in [0.05, 0.1) is 17.4 Å². The monoisotopic (exact) mass is 263 g/mol. The zero-order valence-corrected chi connectivity index (χ0v) is 11.1. The Kier molecular flexibility index (Phi) is 4.24. The smallest absolute Gasteiger partial charge is 0.146 e. The minimum atomic E-state index is -0.374. The van der Waals surface area contributed by atoms with Gasteiger partial charge in [-0.25, -0.2) is 4.39 Å². The molecule has 2 heterocycles. The highest BCUT2D eigenvalue weighted by Gasteiger charge is 2.18. The SMILES string of the molecule is CCc1cc(CC(NN)c2ncccc2F)n(C)n1. The average molecular weight is 263 g/mol. The van der Waals surface area contributed by atoms with E-state index in [1.54, 1.807) is 16.9 Å². The Hall–Kier alpha value is -1.79.